The number of aromatic nitrogens is 2. The molecule has 2 aromatic rings. The molecule has 1 fully saturated rings. The van der Waals surface area contributed by atoms with Gasteiger partial charge in [-0.1, -0.05) is 6.07 Å². The molecule has 148 valence electrons. The SMILES string of the molecule is Cn1nc(C(=O)NC2CC2)c2c1CN(C(=O)Nc1cccc(C(F)(F)F)c1)C2. The van der Waals surface area contributed by atoms with E-state index in [1.54, 1.807) is 11.7 Å². The number of aryl methyl sites for hydroxylation is 1. The zero-order valence-electron chi connectivity index (χ0n) is 15.0. The van der Waals surface area contributed by atoms with Gasteiger partial charge in [-0.3, -0.25) is 9.48 Å². The molecule has 2 N–H and O–H groups in total. The second kappa shape index (κ2) is 6.54. The van der Waals surface area contributed by atoms with Crippen molar-refractivity contribution in [1.82, 2.24) is 20.0 Å². The second-order valence-corrected chi connectivity index (χ2v) is 7.01. The van der Waals surface area contributed by atoms with Gasteiger partial charge in [0.2, 0.25) is 0 Å². The van der Waals surface area contributed by atoms with E-state index in [1.807, 2.05) is 0 Å². The van der Waals surface area contributed by atoms with Crippen molar-refractivity contribution in [2.24, 2.45) is 7.05 Å². The van der Waals surface area contributed by atoms with Gasteiger partial charge in [-0.25, -0.2) is 4.79 Å². The third-order valence-corrected chi connectivity index (χ3v) is 4.82. The number of anilines is 1. The van der Waals surface area contributed by atoms with Gasteiger partial charge in [0, 0.05) is 24.3 Å². The minimum absolute atomic E-state index is 0.0561. The molecule has 0 bridgehead atoms. The van der Waals surface area contributed by atoms with Crippen LogP contribution in [-0.2, 0) is 26.3 Å². The highest BCUT2D eigenvalue weighted by atomic mass is 19.4. The van der Waals surface area contributed by atoms with Gasteiger partial charge in [-0.05, 0) is 31.0 Å². The molecule has 0 radical (unpaired) electrons. The molecular formula is C18H18F3N5O2. The summed E-state index contributed by atoms with van der Waals surface area (Å²) in [4.78, 5) is 26.3. The zero-order chi connectivity index (χ0) is 20.1. The van der Waals surface area contributed by atoms with Crippen LogP contribution in [-0.4, -0.2) is 32.7 Å². The van der Waals surface area contributed by atoms with Gasteiger partial charge in [-0.15, -0.1) is 0 Å². The van der Waals surface area contributed by atoms with Gasteiger partial charge in [0.25, 0.3) is 5.91 Å². The summed E-state index contributed by atoms with van der Waals surface area (Å²) in [7, 11) is 1.70. The van der Waals surface area contributed by atoms with Crippen LogP contribution in [0.25, 0.3) is 0 Å². The number of amides is 3. The van der Waals surface area contributed by atoms with Crippen molar-refractivity contribution in [2.45, 2.75) is 38.1 Å². The fraction of sp³-hybridized carbons (Fsp3) is 0.389. The summed E-state index contributed by atoms with van der Waals surface area (Å²) < 4.78 is 40.1. The summed E-state index contributed by atoms with van der Waals surface area (Å²) in [6, 6.07) is 4.11. The van der Waals surface area contributed by atoms with Crippen molar-refractivity contribution in [3.63, 3.8) is 0 Å². The minimum Gasteiger partial charge on any atom is -0.348 e. The Kier molecular flexibility index (Phi) is 4.28. The Hall–Kier alpha value is -3.04. The van der Waals surface area contributed by atoms with Crippen molar-refractivity contribution < 1.29 is 22.8 Å². The molecule has 0 saturated heterocycles. The number of hydrogen-bond acceptors (Lipinski definition) is 3. The average molecular weight is 393 g/mol. The number of rotatable bonds is 3. The van der Waals surface area contributed by atoms with Crippen molar-refractivity contribution >= 4 is 17.6 Å². The highest BCUT2D eigenvalue weighted by molar-refractivity contribution is 5.95. The summed E-state index contributed by atoms with van der Waals surface area (Å²) in [6.45, 7) is 0.391. The van der Waals surface area contributed by atoms with Crippen LogP contribution in [0.1, 0.15) is 40.2 Å². The number of carbonyl (C=O) groups is 2. The normalized spacial score (nSPS) is 16.1. The van der Waals surface area contributed by atoms with E-state index in [9.17, 15) is 22.8 Å². The predicted molar refractivity (Wildman–Crippen MR) is 93.4 cm³/mol. The number of alkyl halides is 3. The Bertz CT molecular complexity index is 949. The first-order valence-electron chi connectivity index (χ1n) is 8.81. The Morgan fingerprint density at radius 3 is 2.64 bits per heavy atom. The maximum Gasteiger partial charge on any atom is 0.416 e. The molecule has 4 rings (SSSR count). The molecule has 28 heavy (non-hydrogen) atoms. The summed E-state index contributed by atoms with van der Waals surface area (Å²) >= 11 is 0. The Morgan fingerprint density at radius 1 is 1.21 bits per heavy atom. The largest absolute Gasteiger partial charge is 0.416 e. The third kappa shape index (κ3) is 3.54. The van der Waals surface area contributed by atoms with Crippen molar-refractivity contribution in [3.05, 3.63) is 46.8 Å². The third-order valence-electron chi connectivity index (χ3n) is 4.82. The van der Waals surface area contributed by atoms with E-state index in [0.29, 0.717) is 11.3 Å². The maximum atomic E-state index is 12.8. The summed E-state index contributed by atoms with van der Waals surface area (Å²) in [5, 5.41) is 9.62. The van der Waals surface area contributed by atoms with E-state index < -0.39 is 17.8 Å². The van der Waals surface area contributed by atoms with Crippen LogP contribution in [0.2, 0.25) is 0 Å². The van der Waals surface area contributed by atoms with E-state index in [2.05, 4.69) is 15.7 Å². The van der Waals surface area contributed by atoms with E-state index in [4.69, 9.17) is 0 Å². The van der Waals surface area contributed by atoms with Crippen LogP contribution in [0.15, 0.2) is 24.3 Å². The molecule has 10 heteroatoms. The van der Waals surface area contributed by atoms with Crippen LogP contribution >= 0.6 is 0 Å². The standard InChI is InChI=1S/C18H18F3N5O2/c1-25-14-9-26(8-13(14)15(24-25)16(27)22-11-5-6-11)17(28)23-12-4-2-3-10(7-12)18(19,20)21/h2-4,7,11H,5-6,8-9H2,1H3,(H,22,27)(H,23,28). The highest BCUT2D eigenvalue weighted by Crippen LogP contribution is 2.31. The van der Waals surface area contributed by atoms with E-state index >= 15 is 0 Å². The predicted octanol–water partition coefficient (Wildman–Crippen LogP) is 2.88. The number of fused-ring (bicyclic) bond motifs is 1. The molecule has 1 aliphatic heterocycles. The van der Waals surface area contributed by atoms with E-state index in [1.165, 1.54) is 17.0 Å². The van der Waals surface area contributed by atoms with Gasteiger partial charge in [-0.2, -0.15) is 18.3 Å². The van der Waals surface area contributed by atoms with Crippen molar-refractivity contribution in [2.75, 3.05) is 5.32 Å². The summed E-state index contributed by atoms with van der Waals surface area (Å²) in [5.41, 5.74) is 0.914. The maximum absolute atomic E-state index is 12.8. The molecule has 0 unspecified atom stereocenters. The summed E-state index contributed by atoms with van der Waals surface area (Å²) in [6.07, 6.45) is -2.58. The lowest BCUT2D eigenvalue weighted by molar-refractivity contribution is -0.137. The molecule has 1 aromatic heterocycles. The smallest absolute Gasteiger partial charge is 0.348 e. The first-order chi connectivity index (χ1) is 13.2. The van der Waals surface area contributed by atoms with Gasteiger partial charge in [0.15, 0.2) is 5.69 Å². The molecule has 1 aromatic carbocycles. The zero-order valence-corrected chi connectivity index (χ0v) is 15.0. The molecule has 3 amide bonds. The van der Waals surface area contributed by atoms with Gasteiger partial charge >= 0.3 is 12.2 Å². The average Bonchev–Trinajstić information content (AvgIpc) is 3.23. The Morgan fingerprint density at radius 2 is 1.96 bits per heavy atom. The molecule has 2 aliphatic rings. The van der Waals surface area contributed by atoms with E-state index in [-0.39, 0.29) is 30.7 Å². The molecule has 0 spiro atoms. The lowest BCUT2D eigenvalue weighted by atomic mass is 10.2. The van der Waals surface area contributed by atoms with Crippen molar-refractivity contribution in [3.8, 4) is 0 Å². The lowest BCUT2D eigenvalue weighted by Crippen LogP contribution is -2.32. The number of carbonyl (C=O) groups excluding carboxylic acids is 2. The first kappa shape index (κ1) is 18.3. The number of nitrogens with zero attached hydrogens (tertiary/aromatic N) is 3. The molecule has 1 aliphatic carbocycles. The molecule has 0 atom stereocenters. The Labute approximate surface area is 158 Å². The van der Waals surface area contributed by atoms with Crippen LogP contribution in [0, 0.1) is 0 Å². The van der Waals surface area contributed by atoms with Gasteiger partial charge < -0.3 is 15.5 Å². The number of urea groups is 1. The quantitative estimate of drug-likeness (QED) is 0.842. The van der Waals surface area contributed by atoms with Gasteiger partial charge in [0.05, 0.1) is 24.3 Å². The number of halogens is 3. The van der Waals surface area contributed by atoms with Crippen molar-refractivity contribution in [1.29, 1.82) is 0 Å². The molecule has 7 nitrogen and oxygen atoms in total. The second-order valence-electron chi connectivity index (χ2n) is 7.01. The molecular weight excluding hydrogens is 375 g/mol. The van der Waals surface area contributed by atoms with E-state index in [0.717, 1.165) is 30.7 Å². The minimum atomic E-state index is -4.49. The number of nitrogens with one attached hydrogen (secondary N) is 2. The first-order valence-corrected chi connectivity index (χ1v) is 8.81. The Balaban J connectivity index is 1.47. The fourth-order valence-electron chi connectivity index (χ4n) is 3.18. The van der Waals surface area contributed by atoms with Crippen LogP contribution < -0.4 is 10.6 Å². The van der Waals surface area contributed by atoms with Gasteiger partial charge in [0.1, 0.15) is 0 Å². The topological polar surface area (TPSA) is 79.3 Å². The van der Waals surface area contributed by atoms with Crippen LogP contribution in [0.5, 0.6) is 0 Å². The number of hydrogen-bond donors (Lipinski definition) is 2. The molecule has 1 saturated carbocycles. The monoisotopic (exact) mass is 393 g/mol. The molecule has 2 heterocycles. The highest BCUT2D eigenvalue weighted by Gasteiger charge is 2.34. The van der Waals surface area contributed by atoms with Crippen LogP contribution in [0.3, 0.4) is 0 Å². The number of benzene rings is 1. The lowest BCUT2D eigenvalue weighted by Gasteiger charge is -2.18. The van der Waals surface area contributed by atoms with Crippen LogP contribution in [0.4, 0.5) is 23.7 Å². The fourth-order valence-corrected chi connectivity index (χ4v) is 3.18. The summed E-state index contributed by atoms with van der Waals surface area (Å²) in [5.74, 6) is -0.264.